The number of halogens is 1. The van der Waals surface area contributed by atoms with Gasteiger partial charge in [0, 0.05) is 23.7 Å². The second-order valence-corrected chi connectivity index (χ2v) is 10.9. The molecule has 196 valence electrons. The van der Waals surface area contributed by atoms with Gasteiger partial charge in [-0.3, -0.25) is 9.79 Å². The lowest BCUT2D eigenvalue weighted by molar-refractivity contribution is -0.142. The normalized spacial score (nSPS) is 23.6. The first-order valence-corrected chi connectivity index (χ1v) is 13.3. The second kappa shape index (κ2) is 10.3. The Morgan fingerprint density at radius 2 is 1.95 bits per heavy atom. The molecule has 1 amide bonds. The number of methoxy groups -OCH3 is 1. The molecule has 0 saturated heterocycles. The minimum atomic E-state index is -0.710. The summed E-state index contributed by atoms with van der Waals surface area (Å²) in [6, 6.07) is 9.84. The quantitative estimate of drug-likeness (QED) is 0.524. The zero-order valence-corrected chi connectivity index (χ0v) is 21.8. The van der Waals surface area contributed by atoms with E-state index in [9.17, 15) is 19.1 Å². The summed E-state index contributed by atoms with van der Waals surface area (Å²) < 4.78 is 19.3. The van der Waals surface area contributed by atoms with Gasteiger partial charge >= 0.3 is 12.1 Å². The van der Waals surface area contributed by atoms with E-state index >= 15 is 0 Å². The SMILES string of the molecule is COC(=O)N1CCc2ccc3c(c2C1)N=C(C1CCC(C(=O)O)CC1)C3[C@H](C)Cc1ccc(C)c(F)c1. The number of nitrogens with zero attached hydrogens (tertiary/aromatic N) is 2. The van der Waals surface area contributed by atoms with E-state index in [1.165, 1.54) is 18.2 Å². The molecule has 0 bridgehead atoms. The number of aliphatic imine (C=N–C) groups is 1. The van der Waals surface area contributed by atoms with Crippen molar-refractivity contribution in [3.8, 4) is 0 Å². The van der Waals surface area contributed by atoms with Crippen LogP contribution < -0.4 is 0 Å². The largest absolute Gasteiger partial charge is 0.481 e. The molecule has 1 aliphatic carbocycles. The molecule has 0 radical (unpaired) electrons. The van der Waals surface area contributed by atoms with Crippen LogP contribution in [0.5, 0.6) is 0 Å². The molecule has 7 heteroatoms. The van der Waals surface area contributed by atoms with Crippen molar-refractivity contribution in [2.75, 3.05) is 13.7 Å². The van der Waals surface area contributed by atoms with E-state index in [4.69, 9.17) is 9.73 Å². The van der Waals surface area contributed by atoms with Crippen molar-refractivity contribution in [2.45, 2.75) is 64.8 Å². The average molecular weight is 507 g/mol. The third kappa shape index (κ3) is 4.88. The molecule has 5 rings (SSSR count). The highest BCUT2D eigenvalue weighted by Crippen LogP contribution is 2.48. The predicted octanol–water partition coefficient (Wildman–Crippen LogP) is 6.20. The number of carbonyl (C=O) groups is 2. The summed E-state index contributed by atoms with van der Waals surface area (Å²) in [6.07, 6.45) is 4.09. The molecule has 0 spiro atoms. The number of amides is 1. The summed E-state index contributed by atoms with van der Waals surface area (Å²) in [5, 5.41) is 9.50. The van der Waals surface area contributed by atoms with Gasteiger partial charge < -0.3 is 14.7 Å². The molecular weight excluding hydrogens is 471 g/mol. The number of rotatable bonds is 5. The summed E-state index contributed by atoms with van der Waals surface area (Å²) in [5.74, 6) is -0.704. The van der Waals surface area contributed by atoms with Crippen LogP contribution in [-0.4, -0.2) is 41.4 Å². The van der Waals surface area contributed by atoms with Crippen LogP contribution in [-0.2, 0) is 28.9 Å². The fourth-order valence-electron chi connectivity index (χ4n) is 6.49. The van der Waals surface area contributed by atoms with E-state index in [-0.39, 0.29) is 35.6 Å². The fraction of sp³-hybridized carbons (Fsp3) is 0.500. The van der Waals surface area contributed by atoms with Crippen LogP contribution in [0.1, 0.15) is 66.3 Å². The maximum atomic E-state index is 14.3. The smallest absolute Gasteiger partial charge is 0.409 e. The van der Waals surface area contributed by atoms with Gasteiger partial charge in [0.05, 0.1) is 25.3 Å². The highest BCUT2D eigenvalue weighted by atomic mass is 19.1. The average Bonchev–Trinajstić information content (AvgIpc) is 3.30. The van der Waals surface area contributed by atoms with E-state index in [0.717, 1.165) is 48.2 Å². The first kappa shape index (κ1) is 25.4. The predicted molar refractivity (Wildman–Crippen MR) is 140 cm³/mol. The van der Waals surface area contributed by atoms with Crippen LogP contribution >= 0.6 is 0 Å². The Morgan fingerprint density at radius 1 is 1.19 bits per heavy atom. The Morgan fingerprint density at radius 3 is 2.62 bits per heavy atom. The molecule has 3 aliphatic rings. The van der Waals surface area contributed by atoms with E-state index < -0.39 is 5.97 Å². The van der Waals surface area contributed by atoms with Crippen LogP contribution in [0.4, 0.5) is 14.9 Å². The van der Waals surface area contributed by atoms with Crippen LogP contribution in [0.2, 0.25) is 0 Å². The van der Waals surface area contributed by atoms with Gasteiger partial charge in [-0.25, -0.2) is 9.18 Å². The molecular formula is C30H35FN2O4. The lowest BCUT2D eigenvalue weighted by Crippen LogP contribution is -2.35. The molecule has 1 fully saturated rings. The number of hydrogen-bond acceptors (Lipinski definition) is 4. The number of hydrogen-bond donors (Lipinski definition) is 1. The Balaban J connectivity index is 1.50. The van der Waals surface area contributed by atoms with Crippen LogP contribution in [0.3, 0.4) is 0 Å². The molecule has 37 heavy (non-hydrogen) atoms. The van der Waals surface area contributed by atoms with Crippen molar-refractivity contribution in [3.63, 3.8) is 0 Å². The Bertz CT molecular complexity index is 1250. The Hall–Kier alpha value is -3.22. The standard InChI is InChI=1S/C30H35FN2O4/c1-17-4-5-19(15-25(17)31)14-18(2)26-23-11-10-20-12-13-33(30(36)37-3)16-24(20)28(23)32-27(26)21-6-8-22(9-7-21)29(34)35/h4-5,10-11,15,18,21-22,26H,6-9,12-14,16H2,1-3H3,(H,34,35)/t18-,21?,22?,26?/m1/s1. The second-order valence-electron chi connectivity index (χ2n) is 10.9. The molecule has 1 saturated carbocycles. The maximum Gasteiger partial charge on any atom is 0.409 e. The van der Waals surface area contributed by atoms with E-state index in [0.29, 0.717) is 31.5 Å². The zero-order valence-electron chi connectivity index (χ0n) is 21.8. The lowest BCUT2D eigenvalue weighted by Gasteiger charge is -2.32. The van der Waals surface area contributed by atoms with Crippen LogP contribution in [0.15, 0.2) is 35.3 Å². The first-order chi connectivity index (χ1) is 17.8. The molecule has 6 nitrogen and oxygen atoms in total. The first-order valence-electron chi connectivity index (χ1n) is 13.3. The van der Waals surface area contributed by atoms with Crippen molar-refractivity contribution in [1.29, 1.82) is 0 Å². The minimum absolute atomic E-state index is 0.0737. The summed E-state index contributed by atoms with van der Waals surface area (Å²) >= 11 is 0. The minimum Gasteiger partial charge on any atom is -0.481 e. The van der Waals surface area contributed by atoms with Gasteiger partial charge in [-0.2, -0.15) is 0 Å². The van der Waals surface area contributed by atoms with Crippen molar-refractivity contribution < 1.29 is 23.8 Å². The van der Waals surface area contributed by atoms with E-state index in [1.807, 2.05) is 12.1 Å². The number of carboxylic acid groups (broad SMARTS) is 1. The van der Waals surface area contributed by atoms with Crippen molar-refractivity contribution in [3.05, 3.63) is 64.0 Å². The highest BCUT2D eigenvalue weighted by Gasteiger charge is 2.40. The number of aliphatic carboxylic acids is 1. The van der Waals surface area contributed by atoms with Gasteiger partial charge in [-0.1, -0.05) is 31.2 Å². The van der Waals surface area contributed by atoms with Gasteiger partial charge in [0.2, 0.25) is 0 Å². The number of carbonyl (C=O) groups excluding carboxylic acids is 1. The Labute approximate surface area is 217 Å². The third-order valence-electron chi connectivity index (χ3n) is 8.60. The molecule has 1 unspecified atom stereocenters. The molecule has 1 N–H and O–H groups in total. The van der Waals surface area contributed by atoms with Crippen molar-refractivity contribution >= 4 is 23.5 Å². The van der Waals surface area contributed by atoms with Gasteiger partial charge in [-0.15, -0.1) is 0 Å². The molecule has 2 aliphatic heterocycles. The maximum absolute atomic E-state index is 14.3. The van der Waals surface area contributed by atoms with Crippen molar-refractivity contribution in [2.24, 2.45) is 22.7 Å². The summed E-state index contributed by atoms with van der Waals surface area (Å²) in [7, 11) is 1.41. The number of fused-ring (bicyclic) bond motifs is 3. The third-order valence-corrected chi connectivity index (χ3v) is 8.60. The summed E-state index contributed by atoms with van der Waals surface area (Å²) in [6.45, 7) is 5.07. The zero-order chi connectivity index (χ0) is 26.3. The number of aryl methyl sites for hydroxylation is 1. The summed E-state index contributed by atoms with van der Waals surface area (Å²) in [5.41, 5.74) is 7.17. The van der Waals surface area contributed by atoms with Crippen LogP contribution in [0.25, 0.3) is 0 Å². The number of benzene rings is 2. The monoisotopic (exact) mass is 506 g/mol. The van der Waals surface area contributed by atoms with Gasteiger partial charge in [0.1, 0.15) is 5.82 Å². The number of carboxylic acids is 1. The molecule has 0 aromatic heterocycles. The molecule has 2 heterocycles. The van der Waals surface area contributed by atoms with Crippen molar-refractivity contribution in [1.82, 2.24) is 4.90 Å². The van der Waals surface area contributed by atoms with Crippen LogP contribution in [0, 0.1) is 30.5 Å². The van der Waals surface area contributed by atoms with Gasteiger partial charge in [-0.05, 0) is 85.6 Å². The van der Waals surface area contributed by atoms with E-state index in [1.54, 1.807) is 17.9 Å². The van der Waals surface area contributed by atoms with Gasteiger partial charge in [0.15, 0.2) is 0 Å². The highest BCUT2D eigenvalue weighted by molar-refractivity contribution is 6.01. The van der Waals surface area contributed by atoms with E-state index in [2.05, 4.69) is 19.1 Å². The lowest BCUT2D eigenvalue weighted by atomic mass is 9.72. The summed E-state index contributed by atoms with van der Waals surface area (Å²) in [4.78, 5) is 30.8. The van der Waals surface area contributed by atoms with Gasteiger partial charge in [0.25, 0.3) is 0 Å². The molecule has 2 aromatic rings. The topological polar surface area (TPSA) is 79.2 Å². The molecule has 2 atom stereocenters. The Kier molecular flexibility index (Phi) is 7.06. The fourth-order valence-corrected chi connectivity index (χ4v) is 6.49. The number of ether oxygens (including phenoxy) is 1. The molecule has 2 aromatic carbocycles.